The van der Waals surface area contributed by atoms with Gasteiger partial charge in [-0.2, -0.15) is 0 Å². The van der Waals surface area contributed by atoms with Gasteiger partial charge in [0, 0.05) is 23.7 Å². The number of ether oxygens (including phenoxy) is 2. The Bertz CT molecular complexity index is 1510. The lowest BCUT2D eigenvalue weighted by Gasteiger charge is -2.34. The molecule has 1 saturated carbocycles. The van der Waals surface area contributed by atoms with Gasteiger partial charge in [0.15, 0.2) is 11.5 Å². The highest BCUT2D eigenvalue weighted by molar-refractivity contribution is 7.92. The Kier molecular flexibility index (Phi) is 11.5. The predicted molar refractivity (Wildman–Crippen MR) is 172 cm³/mol. The molecule has 0 saturated heterocycles. The van der Waals surface area contributed by atoms with Gasteiger partial charge in [0.2, 0.25) is 11.8 Å². The van der Waals surface area contributed by atoms with Gasteiger partial charge in [-0.15, -0.1) is 0 Å². The van der Waals surface area contributed by atoms with Crippen LogP contribution in [0, 0.1) is 0 Å². The second-order valence-electron chi connectivity index (χ2n) is 10.8. The summed E-state index contributed by atoms with van der Waals surface area (Å²) in [6.45, 7) is 1.43. The summed E-state index contributed by atoms with van der Waals surface area (Å²) in [5, 5.41) is 3.70. The molecule has 236 valence electrons. The summed E-state index contributed by atoms with van der Waals surface area (Å²) in [7, 11) is -1.38. The smallest absolute Gasteiger partial charge is 0.264 e. The maximum absolute atomic E-state index is 14.3. The highest BCUT2D eigenvalue weighted by Crippen LogP contribution is 2.32. The largest absolute Gasteiger partial charge is 0.493 e. The van der Waals surface area contributed by atoms with Gasteiger partial charge in [-0.1, -0.05) is 68.1 Å². The molecule has 0 unspecified atom stereocenters. The van der Waals surface area contributed by atoms with E-state index in [-0.39, 0.29) is 29.1 Å². The summed E-state index contributed by atoms with van der Waals surface area (Å²) in [6, 6.07) is 19.0. The van der Waals surface area contributed by atoms with Crippen molar-refractivity contribution >= 4 is 39.1 Å². The van der Waals surface area contributed by atoms with E-state index in [1.165, 1.54) is 37.3 Å². The summed E-state index contributed by atoms with van der Waals surface area (Å²) in [6.07, 6.45) is 5.40. The van der Waals surface area contributed by atoms with Gasteiger partial charge in [0.05, 0.1) is 24.8 Å². The van der Waals surface area contributed by atoms with Gasteiger partial charge in [0.25, 0.3) is 10.0 Å². The lowest BCUT2D eigenvalue weighted by atomic mass is 9.95. The van der Waals surface area contributed by atoms with Gasteiger partial charge in [-0.3, -0.25) is 13.9 Å². The van der Waals surface area contributed by atoms with E-state index in [1.54, 1.807) is 54.6 Å². The van der Waals surface area contributed by atoms with Crippen molar-refractivity contribution in [2.45, 2.75) is 69.0 Å². The second kappa shape index (κ2) is 15.3. The van der Waals surface area contributed by atoms with Crippen molar-refractivity contribution in [2.75, 3.05) is 25.1 Å². The van der Waals surface area contributed by atoms with E-state index < -0.39 is 28.5 Å². The monoisotopic (exact) mass is 641 g/mol. The maximum atomic E-state index is 14.3. The molecule has 0 radical (unpaired) electrons. The van der Waals surface area contributed by atoms with Crippen LogP contribution < -0.4 is 19.1 Å². The van der Waals surface area contributed by atoms with Crippen LogP contribution in [0.2, 0.25) is 5.02 Å². The van der Waals surface area contributed by atoms with Gasteiger partial charge < -0.3 is 19.7 Å². The normalized spacial score (nSPS) is 14.4. The fourth-order valence-electron chi connectivity index (χ4n) is 5.48. The van der Waals surface area contributed by atoms with Gasteiger partial charge >= 0.3 is 0 Å². The number of nitrogens with zero attached hydrogens (tertiary/aromatic N) is 2. The SMILES string of the molecule is CC[C@@H](C(=O)NC1CCCCC1)N(Cc1ccc(Cl)cc1)C(=O)CN(c1ccccc1)S(=O)(=O)c1ccc(OC)c(OC)c1. The highest BCUT2D eigenvalue weighted by atomic mass is 35.5. The molecule has 2 amide bonds. The molecule has 3 aromatic rings. The number of para-hydroxylation sites is 1. The molecule has 0 aliphatic heterocycles. The van der Waals surface area contributed by atoms with Crippen molar-refractivity contribution in [3.05, 3.63) is 83.4 Å². The van der Waals surface area contributed by atoms with E-state index in [0.29, 0.717) is 22.9 Å². The van der Waals surface area contributed by atoms with E-state index in [4.69, 9.17) is 21.1 Å². The molecule has 0 bridgehead atoms. The average Bonchev–Trinajstić information content (AvgIpc) is 3.04. The van der Waals surface area contributed by atoms with Crippen molar-refractivity contribution in [2.24, 2.45) is 0 Å². The number of sulfonamides is 1. The summed E-state index contributed by atoms with van der Waals surface area (Å²) in [5.74, 6) is -0.144. The van der Waals surface area contributed by atoms with Crippen molar-refractivity contribution in [3.63, 3.8) is 0 Å². The quantitative estimate of drug-likeness (QED) is 0.253. The first-order valence-electron chi connectivity index (χ1n) is 14.8. The van der Waals surface area contributed by atoms with E-state index in [1.807, 2.05) is 6.92 Å². The van der Waals surface area contributed by atoms with Crippen LogP contribution >= 0.6 is 11.6 Å². The Hall–Kier alpha value is -3.76. The average molecular weight is 642 g/mol. The fraction of sp³-hybridized carbons (Fsp3) is 0.394. The minimum absolute atomic E-state index is 0.0593. The van der Waals surface area contributed by atoms with Crippen LogP contribution in [0.3, 0.4) is 0 Å². The van der Waals surface area contributed by atoms with Crippen LogP contribution in [0.25, 0.3) is 0 Å². The van der Waals surface area contributed by atoms with Crippen LogP contribution in [0.5, 0.6) is 11.5 Å². The molecule has 1 N–H and O–H groups in total. The third kappa shape index (κ3) is 8.04. The summed E-state index contributed by atoms with van der Waals surface area (Å²) in [4.78, 5) is 29.3. The number of rotatable bonds is 13. The minimum atomic E-state index is -4.26. The lowest BCUT2D eigenvalue weighted by molar-refractivity contribution is -0.140. The Balaban J connectivity index is 1.71. The zero-order valence-corrected chi connectivity index (χ0v) is 26.9. The van der Waals surface area contributed by atoms with Crippen molar-refractivity contribution in [1.29, 1.82) is 0 Å². The zero-order chi connectivity index (χ0) is 31.7. The van der Waals surface area contributed by atoms with Crippen molar-refractivity contribution in [1.82, 2.24) is 10.2 Å². The third-order valence-electron chi connectivity index (χ3n) is 7.87. The lowest BCUT2D eigenvalue weighted by Crippen LogP contribution is -2.54. The number of anilines is 1. The molecule has 11 heteroatoms. The Morgan fingerprint density at radius 2 is 1.59 bits per heavy atom. The van der Waals surface area contributed by atoms with E-state index in [2.05, 4.69) is 5.32 Å². The van der Waals surface area contributed by atoms with Crippen LogP contribution in [-0.4, -0.2) is 58.0 Å². The number of hydrogen-bond donors (Lipinski definition) is 1. The molecule has 4 rings (SSSR count). The first-order valence-corrected chi connectivity index (χ1v) is 16.6. The molecular formula is C33H40ClN3O6S. The first kappa shape index (κ1) is 33.1. The number of nitrogens with one attached hydrogen (secondary N) is 1. The van der Waals surface area contributed by atoms with E-state index >= 15 is 0 Å². The molecule has 1 fully saturated rings. The van der Waals surface area contributed by atoms with Crippen LogP contribution in [0.15, 0.2) is 77.7 Å². The molecule has 1 aliphatic rings. The molecule has 9 nitrogen and oxygen atoms in total. The molecule has 0 spiro atoms. The number of benzene rings is 3. The predicted octanol–water partition coefficient (Wildman–Crippen LogP) is 5.81. The molecular weight excluding hydrogens is 602 g/mol. The van der Waals surface area contributed by atoms with E-state index in [0.717, 1.165) is 42.0 Å². The third-order valence-corrected chi connectivity index (χ3v) is 9.89. The zero-order valence-electron chi connectivity index (χ0n) is 25.4. The standard InChI is InChI=1S/C33H40ClN3O6S/c1-4-29(33(39)35-26-11-7-5-8-12-26)36(22-24-15-17-25(34)18-16-24)32(38)23-37(27-13-9-6-10-14-27)44(40,41)28-19-20-30(42-2)31(21-28)43-3/h6,9-10,13-21,26,29H,4-5,7-8,11-12,22-23H2,1-3H3,(H,35,39)/t29-/m0/s1. The fourth-order valence-corrected chi connectivity index (χ4v) is 7.03. The second-order valence-corrected chi connectivity index (χ2v) is 13.1. The van der Waals surface area contributed by atoms with Crippen LogP contribution in [0.4, 0.5) is 5.69 Å². The van der Waals surface area contributed by atoms with E-state index in [9.17, 15) is 18.0 Å². The number of hydrogen-bond acceptors (Lipinski definition) is 6. The van der Waals surface area contributed by atoms with Crippen LogP contribution in [-0.2, 0) is 26.2 Å². The highest BCUT2D eigenvalue weighted by Gasteiger charge is 2.34. The molecule has 44 heavy (non-hydrogen) atoms. The van der Waals surface area contributed by atoms with Gasteiger partial charge in [0.1, 0.15) is 12.6 Å². The maximum Gasteiger partial charge on any atom is 0.264 e. The Morgan fingerprint density at radius 3 is 2.20 bits per heavy atom. The topological polar surface area (TPSA) is 105 Å². The Morgan fingerprint density at radius 1 is 0.932 bits per heavy atom. The van der Waals surface area contributed by atoms with Crippen LogP contribution in [0.1, 0.15) is 51.0 Å². The summed E-state index contributed by atoms with van der Waals surface area (Å²) in [5.41, 5.74) is 1.07. The number of carbonyl (C=O) groups is 2. The molecule has 3 aromatic carbocycles. The molecule has 0 heterocycles. The van der Waals surface area contributed by atoms with Crippen molar-refractivity contribution in [3.8, 4) is 11.5 Å². The number of methoxy groups -OCH3 is 2. The number of halogens is 1. The summed E-state index contributed by atoms with van der Waals surface area (Å²) >= 11 is 6.11. The van der Waals surface area contributed by atoms with Crippen molar-refractivity contribution < 1.29 is 27.5 Å². The number of carbonyl (C=O) groups excluding carboxylic acids is 2. The summed E-state index contributed by atoms with van der Waals surface area (Å²) < 4.78 is 40.0. The van der Waals surface area contributed by atoms with Gasteiger partial charge in [-0.25, -0.2) is 8.42 Å². The molecule has 1 aliphatic carbocycles. The first-order chi connectivity index (χ1) is 21.2. The Labute approximate surface area is 265 Å². The minimum Gasteiger partial charge on any atom is -0.493 e. The molecule has 0 aromatic heterocycles. The molecule has 1 atom stereocenters. The number of amides is 2. The van der Waals surface area contributed by atoms with Gasteiger partial charge in [-0.05, 0) is 61.2 Å².